The minimum atomic E-state index is -0.520. The molecule has 1 aliphatic rings. The van der Waals surface area contributed by atoms with Crippen molar-refractivity contribution in [3.63, 3.8) is 0 Å². The highest BCUT2D eigenvalue weighted by atomic mass is 127. The summed E-state index contributed by atoms with van der Waals surface area (Å²) in [5, 5.41) is 9.87. The summed E-state index contributed by atoms with van der Waals surface area (Å²) in [6.45, 7) is 19.0. The van der Waals surface area contributed by atoms with E-state index in [1.165, 1.54) is 0 Å². The maximum Gasteiger partial charge on any atom is 0.408 e. The van der Waals surface area contributed by atoms with E-state index in [-0.39, 0.29) is 35.6 Å². The molecule has 0 aromatic rings. The van der Waals surface area contributed by atoms with Gasteiger partial charge in [-0.1, -0.05) is 13.8 Å². The number of nitrogens with one attached hydrogen (secondary N) is 3. The van der Waals surface area contributed by atoms with Gasteiger partial charge in [0.1, 0.15) is 5.60 Å². The van der Waals surface area contributed by atoms with Crippen molar-refractivity contribution in [2.24, 2.45) is 4.99 Å². The number of hydrogen-bond acceptors (Lipinski definition) is 5. The summed E-state index contributed by atoms with van der Waals surface area (Å²) in [4.78, 5) is 19.1. The van der Waals surface area contributed by atoms with Crippen LogP contribution in [0.15, 0.2) is 4.99 Å². The molecule has 0 bridgehead atoms. The Balaban J connectivity index is 0.00000841. The summed E-state index contributed by atoms with van der Waals surface area (Å²) in [7, 11) is 1.76. The molecule has 0 atom stereocenters. The van der Waals surface area contributed by atoms with Crippen molar-refractivity contribution in [1.82, 2.24) is 20.9 Å². The van der Waals surface area contributed by atoms with E-state index in [1.54, 1.807) is 7.05 Å². The first-order valence-corrected chi connectivity index (χ1v) is 10.8. The standard InChI is InChI=1S/C21H43N5O3.HI/c1-9-21(10-2,25-18(27)29-19(3,4)5)16-24-17(22-8)23-15-20(6,7)26-11-13-28-14-12-26;/h9-16H2,1-8H3,(H,25,27)(H2,22,23,24);1H. The van der Waals surface area contributed by atoms with Crippen LogP contribution >= 0.6 is 24.0 Å². The van der Waals surface area contributed by atoms with Crippen LogP contribution in [0.25, 0.3) is 0 Å². The summed E-state index contributed by atoms with van der Waals surface area (Å²) in [6, 6.07) is 0. The lowest BCUT2D eigenvalue weighted by Gasteiger charge is -2.41. The first kappa shape index (κ1) is 29.2. The van der Waals surface area contributed by atoms with Gasteiger partial charge in [-0.25, -0.2) is 4.79 Å². The molecule has 0 radical (unpaired) electrons. The van der Waals surface area contributed by atoms with Crippen LogP contribution in [0.1, 0.15) is 61.3 Å². The van der Waals surface area contributed by atoms with Gasteiger partial charge in [0.25, 0.3) is 0 Å². The zero-order chi connectivity index (χ0) is 22.1. The molecule has 0 aromatic carbocycles. The zero-order valence-corrected chi connectivity index (χ0v) is 22.5. The van der Waals surface area contributed by atoms with E-state index in [4.69, 9.17) is 9.47 Å². The molecule has 0 aliphatic carbocycles. The number of carbonyl (C=O) groups is 1. The third-order valence-electron chi connectivity index (χ3n) is 5.49. The molecule has 178 valence electrons. The predicted molar refractivity (Wildman–Crippen MR) is 134 cm³/mol. The van der Waals surface area contributed by atoms with Crippen molar-refractivity contribution >= 4 is 36.0 Å². The maximum atomic E-state index is 12.3. The Morgan fingerprint density at radius 3 is 2.03 bits per heavy atom. The molecule has 1 fully saturated rings. The number of halogens is 1. The van der Waals surface area contributed by atoms with Crippen LogP contribution < -0.4 is 16.0 Å². The van der Waals surface area contributed by atoms with Gasteiger partial charge in [-0.3, -0.25) is 9.89 Å². The lowest BCUT2D eigenvalue weighted by atomic mass is 9.93. The van der Waals surface area contributed by atoms with Gasteiger partial charge in [-0.05, 0) is 47.5 Å². The van der Waals surface area contributed by atoms with Gasteiger partial charge in [-0.15, -0.1) is 24.0 Å². The Bertz CT molecular complexity index is 539. The van der Waals surface area contributed by atoms with Crippen molar-refractivity contribution < 1.29 is 14.3 Å². The Labute approximate surface area is 200 Å². The lowest BCUT2D eigenvalue weighted by molar-refractivity contribution is -0.00834. The molecule has 8 nitrogen and oxygen atoms in total. The summed E-state index contributed by atoms with van der Waals surface area (Å²) >= 11 is 0. The summed E-state index contributed by atoms with van der Waals surface area (Å²) in [6.07, 6.45) is 1.18. The van der Waals surface area contributed by atoms with Gasteiger partial charge < -0.3 is 25.4 Å². The smallest absolute Gasteiger partial charge is 0.408 e. The highest BCUT2D eigenvalue weighted by Gasteiger charge is 2.31. The molecule has 1 heterocycles. The maximum absolute atomic E-state index is 12.3. The number of hydrogen-bond donors (Lipinski definition) is 3. The highest BCUT2D eigenvalue weighted by Crippen LogP contribution is 2.17. The third-order valence-corrected chi connectivity index (χ3v) is 5.49. The summed E-state index contributed by atoms with van der Waals surface area (Å²) in [5.74, 6) is 0.726. The second-order valence-electron chi connectivity index (χ2n) is 9.31. The second kappa shape index (κ2) is 12.9. The van der Waals surface area contributed by atoms with Crippen LogP contribution in [0.4, 0.5) is 4.79 Å². The topological polar surface area (TPSA) is 87.2 Å². The highest BCUT2D eigenvalue weighted by molar-refractivity contribution is 14.0. The van der Waals surface area contributed by atoms with Gasteiger partial charge in [0, 0.05) is 38.8 Å². The quantitative estimate of drug-likeness (QED) is 0.249. The summed E-state index contributed by atoms with van der Waals surface area (Å²) < 4.78 is 10.9. The Morgan fingerprint density at radius 1 is 1.03 bits per heavy atom. The molecule has 9 heteroatoms. The van der Waals surface area contributed by atoms with Crippen LogP contribution in [0, 0.1) is 0 Å². The van der Waals surface area contributed by atoms with Crippen molar-refractivity contribution in [2.75, 3.05) is 46.4 Å². The molecule has 0 aromatic heterocycles. The van der Waals surface area contributed by atoms with Crippen LogP contribution in [0.3, 0.4) is 0 Å². The van der Waals surface area contributed by atoms with Crippen molar-refractivity contribution in [3.05, 3.63) is 0 Å². The molecule has 0 unspecified atom stereocenters. The number of carbonyl (C=O) groups excluding carboxylic acids is 1. The molecular weight excluding hydrogens is 497 g/mol. The SMILES string of the molecule is CCC(CC)(CNC(=NC)NCC(C)(C)N1CCOCC1)NC(=O)OC(C)(C)C.I. The van der Waals surface area contributed by atoms with Crippen LogP contribution in [-0.2, 0) is 9.47 Å². The Hall–Kier alpha value is -0.810. The first-order chi connectivity index (χ1) is 13.5. The second-order valence-corrected chi connectivity index (χ2v) is 9.31. The van der Waals surface area contributed by atoms with Gasteiger partial charge in [-0.2, -0.15) is 0 Å². The number of alkyl carbamates (subject to hydrolysis) is 1. The molecule has 1 amide bonds. The van der Waals surface area contributed by atoms with Gasteiger partial charge in [0.2, 0.25) is 0 Å². The number of ether oxygens (including phenoxy) is 2. The van der Waals surface area contributed by atoms with Crippen LogP contribution in [0.2, 0.25) is 0 Å². The molecule has 0 saturated carbocycles. The fourth-order valence-electron chi connectivity index (χ4n) is 3.30. The third kappa shape index (κ3) is 10.00. The van der Waals surface area contributed by atoms with E-state index in [2.05, 4.69) is 53.5 Å². The van der Waals surface area contributed by atoms with Gasteiger partial charge in [0.05, 0.1) is 18.8 Å². The average Bonchev–Trinajstić information content (AvgIpc) is 2.66. The minimum Gasteiger partial charge on any atom is -0.444 e. The van der Waals surface area contributed by atoms with Crippen molar-refractivity contribution in [2.45, 2.75) is 78.0 Å². The van der Waals surface area contributed by atoms with Crippen molar-refractivity contribution in [3.8, 4) is 0 Å². The molecule has 1 saturated heterocycles. The number of morpholine rings is 1. The zero-order valence-electron chi connectivity index (χ0n) is 20.2. The number of nitrogens with zero attached hydrogens (tertiary/aromatic N) is 2. The normalized spacial score (nSPS) is 16.5. The molecule has 30 heavy (non-hydrogen) atoms. The molecular formula is C21H44IN5O3. The van der Waals surface area contributed by atoms with E-state index in [0.29, 0.717) is 6.54 Å². The summed E-state index contributed by atoms with van der Waals surface area (Å²) in [5.41, 5.74) is -0.935. The first-order valence-electron chi connectivity index (χ1n) is 10.8. The lowest BCUT2D eigenvalue weighted by Crippen LogP contribution is -2.59. The van der Waals surface area contributed by atoms with Gasteiger partial charge >= 0.3 is 6.09 Å². The Morgan fingerprint density at radius 2 is 1.57 bits per heavy atom. The average molecular weight is 542 g/mol. The van der Waals surface area contributed by atoms with E-state index in [9.17, 15) is 4.79 Å². The predicted octanol–water partition coefficient (Wildman–Crippen LogP) is 2.96. The van der Waals surface area contributed by atoms with E-state index >= 15 is 0 Å². The van der Waals surface area contributed by atoms with Gasteiger partial charge in [0.15, 0.2) is 5.96 Å². The van der Waals surface area contributed by atoms with Crippen LogP contribution in [0.5, 0.6) is 0 Å². The molecule has 3 N–H and O–H groups in total. The van der Waals surface area contributed by atoms with Crippen molar-refractivity contribution in [1.29, 1.82) is 0 Å². The number of aliphatic imine (C=N–C) groups is 1. The molecule has 0 spiro atoms. The van der Waals surface area contributed by atoms with E-state index in [1.807, 2.05) is 20.8 Å². The number of amides is 1. The minimum absolute atomic E-state index is 0. The number of rotatable bonds is 8. The number of guanidine groups is 1. The van der Waals surface area contributed by atoms with E-state index < -0.39 is 11.1 Å². The van der Waals surface area contributed by atoms with E-state index in [0.717, 1.165) is 51.6 Å². The molecule has 1 aliphatic heterocycles. The largest absolute Gasteiger partial charge is 0.444 e. The Kier molecular flexibility index (Phi) is 12.6. The molecule has 1 rings (SSSR count). The fraction of sp³-hybridized carbons (Fsp3) is 0.905. The monoisotopic (exact) mass is 541 g/mol. The fourth-order valence-corrected chi connectivity index (χ4v) is 3.30. The van der Waals surface area contributed by atoms with Crippen LogP contribution in [-0.4, -0.2) is 80.1 Å².